The van der Waals surface area contributed by atoms with Gasteiger partial charge in [0, 0.05) is 6.42 Å². The van der Waals surface area contributed by atoms with E-state index in [1.54, 1.807) is 30.3 Å². The van der Waals surface area contributed by atoms with Crippen molar-refractivity contribution >= 4 is 28.7 Å². The highest BCUT2D eigenvalue weighted by Crippen LogP contribution is 2.28. The molecular formula is C42H50O6. The summed E-state index contributed by atoms with van der Waals surface area (Å²) >= 11 is 0. The molecule has 0 radical (unpaired) electrons. The highest BCUT2D eigenvalue weighted by molar-refractivity contribution is 5.93. The van der Waals surface area contributed by atoms with Crippen LogP contribution in [-0.4, -0.2) is 24.0 Å². The van der Waals surface area contributed by atoms with Crippen molar-refractivity contribution in [2.45, 2.75) is 110 Å². The summed E-state index contributed by atoms with van der Waals surface area (Å²) in [4.78, 5) is 37.8. The van der Waals surface area contributed by atoms with E-state index >= 15 is 0 Å². The molecule has 48 heavy (non-hydrogen) atoms. The Bertz CT molecular complexity index is 1620. The molecule has 4 rings (SSSR count). The van der Waals surface area contributed by atoms with Gasteiger partial charge in [0.25, 0.3) is 0 Å². The average molecular weight is 651 g/mol. The van der Waals surface area contributed by atoms with Gasteiger partial charge >= 0.3 is 17.9 Å². The van der Waals surface area contributed by atoms with Crippen LogP contribution in [0.2, 0.25) is 0 Å². The smallest absolute Gasteiger partial charge is 0.343 e. The van der Waals surface area contributed by atoms with Crippen molar-refractivity contribution in [1.82, 2.24) is 0 Å². The lowest BCUT2D eigenvalue weighted by Gasteiger charge is -2.18. The molecule has 0 saturated carbocycles. The zero-order valence-electron chi connectivity index (χ0n) is 29.0. The van der Waals surface area contributed by atoms with Gasteiger partial charge < -0.3 is 14.2 Å². The summed E-state index contributed by atoms with van der Waals surface area (Å²) in [5.41, 5.74) is 3.20. The largest absolute Gasteiger partial charge is 0.462 e. The summed E-state index contributed by atoms with van der Waals surface area (Å²) in [5, 5.41) is 1.85. The van der Waals surface area contributed by atoms with Gasteiger partial charge in [0.2, 0.25) is 0 Å². The average Bonchev–Trinajstić information content (AvgIpc) is 3.11. The first-order valence-corrected chi connectivity index (χ1v) is 17.7. The molecule has 0 aliphatic heterocycles. The van der Waals surface area contributed by atoms with Gasteiger partial charge in [0.05, 0.1) is 11.5 Å². The second kappa shape index (κ2) is 18.8. The molecule has 254 valence electrons. The van der Waals surface area contributed by atoms with Gasteiger partial charge in [0.1, 0.15) is 17.6 Å². The fourth-order valence-electron chi connectivity index (χ4n) is 5.70. The van der Waals surface area contributed by atoms with Crippen molar-refractivity contribution in [3.63, 3.8) is 0 Å². The van der Waals surface area contributed by atoms with Crippen LogP contribution in [-0.2, 0) is 14.3 Å². The minimum Gasteiger partial charge on any atom is -0.462 e. The fourth-order valence-corrected chi connectivity index (χ4v) is 5.70. The van der Waals surface area contributed by atoms with E-state index in [0.717, 1.165) is 53.1 Å². The molecule has 4 aromatic rings. The first-order chi connectivity index (χ1) is 23.3. The number of carbonyl (C=O) groups excluding carboxylic acids is 3. The Labute approximate surface area is 285 Å². The summed E-state index contributed by atoms with van der Waals surface area (Å²) in [7, 11) is 0. The molecule has 1 atom stereocenters. The summed E-state index contributed by atoms with van der Waals surface area (Å²) in [5.74, 6) is -0.268. The fraction of sp³-hybridized carbons (Fsp3) is 0.405. The quantitative estimate of drug-likeness (QED) is 0.0606. The monoisotopic (exact) mass is 650 g/mol. The lowest BCUT2D eigenvalue weighted by Crippen LogP contribution is -2.20. The van der Waals surface area contributed by atoms with E-state index in [9.17, 15) is 14.4 Å². The predicted octanol–water partition coefficient (Wildman–Crippen LogP) is 11.0. The highest BCUT2D eigenvalue weighted by atomic mass is 16.5. The van der Waals surface area contributed by atoms with Crippen LogP contribution in [0.3, 0.4) is 0 Å². The Morgan fingerprint density at radius 1 is 0.604 bits per heavy atom. The van der Waals surface area contributed by atoms with Gasteiger partial charge in [-0.2, -0.15) is 0 Å². The maximum atomic E-state index is 12.9. The molecular weight excluding hydrogens is 600 g/mol. The van der Waals surface area contributed by atoms with E-state index in [-0.39, 0.29) is 24.0 Å². The summed E-state index contributed by atoms with van der Waals surface area (Å²) in [6.45, 7) is 8.12. The standard InChI is InChI=1S/C42H50O6/c1-5-8-9-10-11-12-13-14-15-40(43)46-38-25-22-32(23-26-38)31-16-18-33(19-17-31)42(45)48-39-27-24-35-28-34(20-21-36(35)29-39)30(4)41(44)47-37(6-2)7-3/h16-30,37H,5-15H2,1-4H3/t30-/m0/s1. The summed E-state index contributed by atoms with van der Waals surface area (Å²) in [6, 6.07) is 25.9. The molecule has 0 heterocycles. The molecule has 0 N–H and O–H groups in total. The second-order valence-electron chi connectivity index (χ2n) is 12.6. The van der Waals surface area contributed by atoms with Gasteiger partial charge in [-0.25, -0.2) is 4.79 Å². The van der Waals surface area contributed by atoms with Crippen LogP contribution >= 0.6 is 0 Å². The van der Waals surface area contributed by atoms with Crippen LogP contribution in [0.4, 0.5) is 0 Å². The maximum absolute atomic E-state index is 12.9. The first kappa shape index (κ1) is 36.4. The normalized spacial score (nSPS) is 11.8. The molecule has 6 nitrogen and oxygen atoms in total. The summed E-state index contributed by atoms with van der Waals surface area (Å²) < 4.78 is 16.9. The van der Waals surface area contributed by atoms with E-state index in [2.05, 4.69) is 6.92 Å². The van der Waals surface area contributed by atoms with Gasteiger partial charge in [-0.1, -0.05) is 114 Å². The number of benzene rings is 4. The van der Waals surface area contributed by atoms with E-state index in [4.69, 9.17) is 14.2 Å². The molecule has 0 amide bonds. The van der Waals surface area contributed by atoms with E-state index in [1.165, 1.54) is 38.5 Å². The van der Waals surface area contributed by atoms with Gasteiger partial charge in [-0.15, -0.1) is 0 Å². The maximum Gasteiger partial charge on any atom is 0.343 e. The van der Waals surface area contributed by atoms with Crippen LogP contribution in [0.25, 0.3) is 21.9 Å². The number of fused-ring (bicyclic) bond motifs is 1. The molecule has 0 spiro atoms. The van der Waals surface area contributed by atoms with E-state index in [0.29, 0.717) is 23.5 Å². The molecule has 0 bridgehead atoms. The van der Waals surface area contributed by atoms with Crippen molar-refractivity contribution in [2.24, 2.45) is 0 Å². The zero-order chi connectivity index (χ0) is 34.3. The molecule has 4 aromatic carbocycles. The number of ether oxygens (including phenoxy) is 3. The lowest BCUT2D eigenvalue weighted by molar-refractivity contribution is -0.150. The Balaban J connectivity index is 1.27. The number of unbranched alkanes of at least 4 members (excludes halogenated alkanes) is 7. The first-order valence-electron chi connectivity index (χ1n) is 17.7. The molecule has 6 heteroatoms. The predicted molar refractivity (Wildman–Crippen MR) is 193 cm³/mol. The van der Waals surface area contributed by atoms with Gasteiger partial charge in [-0.3, -0.25) is 9.59 Å². The summed E-state index contributed by atoms with van der Waals surface area (Å²) in [6.07, 6.45) is 11.5. The number of hydrogen-bond donors (Lipinski definition) is 0. The molecule has 0 aromatic heterocycles. The SMILES string of the molecule is CCCCCCCCCCC(=O)Oc1ccc(-c2ccc(C(=O)Oc3ccc4cc([C@H](C)C(=O)OC(CC)CC)ccc4c3)cc2)cc1. The van der Waals surface area contributed by atoms with Gasteiger partial charge in [0.15, 0.2) is 0 Å². The Kier molecular flexibility index (Phi) is 14.2. The Hall–Kier alpha value is -4.45. The third kappa shape index (κ3) is 10.8. The Morgan fingerprint density at radius 2 is 1.17 bits per heavy atom. The third-order valence-electron chi connectivity index (χ3n) is 8.87. The van der Waals surface area contributed by atoms with Crippen LogP contribution in [0.5, 0.6) is 11.5 Å². The van der Waals surface area contributed by atoms with Crippen LogP contribution in [0, 0.1) is 0 Å². The van der Waals surface area contributed by atoms with Crippen molar-refractivity contribution < 1.29 is 28.6 Å². The zero-order valence-corrected chi connectivity index (χ0v) is 29.0. The van der Waals surface area contributed by atoms with E-state index in [1.807, 2.05) is 75.4 Å². The minimum atomic E-state index is -0.450. The van der Waals surface area contributed by atoms with Crippen molar-refractivity contribution in [1.29, 1.82) is 0 Å². The molecule has 0 unspecified atom stereocenters. The topological polar surface area (TPSA) is 78.9 Å². The molecule has 0 saturated heterocycles. The molecule has 0 fully saturated rings. The van der Waals surface area contributed by atoms with Crippen LogP contribution in [0.1, 0.15) is 120 Å². The van der Waals surface area contributed by atoms with Gasteiger partial charge in [-0.05, 0) is 90.0 Å². The second-order valence-corrected chi connectivity index (χ2v) is 12.6. The van der Waals surface area contributed by atoms with Crippen molar-refractivity contribution in [3.8, 4) is 22.6 Å². The number of esters is 3. The third-order valence-corrected chi connectivity index (χ3v) is 8.87. The minimum absolute atomic E-state index is 0.0625. The Morgan fingerprint density at radius 3 is 1.81 bits per heavy atom. The van der Waals surface area contributed by atoms with Crippen LogP contribution < -0.4 is 9.47 Å². The number of hydrogen-bond acceptors (Lipinski definition) is 6. The molecule has 0 aliphatic carbocycles. The number of carbonyl (C=O) groups is 3. The van der Waals surface area contributed by atoms with Crippen molar-refractivity contribution in [3.05, 3.63) is 96.1 Å². The van der Waals surface area contributed by atoms with Crippen LogP contribution in [0.15, 0.2) is 84.9 Å². The lowest BCUT2D eigenvalue weighted by atomic mass is 9.97. The molecule has 0 aliphatic rings. The van der Waals surface area contributed by atoms with E-state index < -0.39 is 5.97 Å². The number of rotatable bonds is 18. The highest BCUT2D eigenvalue weighted by Gasteiger charge is 2.20. The van der Waals surface area contributed by atoms with Crippen molar-refractivity contribution in [2.75, 3.05) is 0 Å².